The molecule has 3 aromatic rings. The van der Waals surface area contributed by atoms with Crippen LogP contribution >= 0.6 is 0 Å². The third kappa shape index (κ3) is 2.97. The van der Waals surface area contributed by atoms with E-state index in [1.54, 1.807) is 12.1 Å². The molecule has 0 amide bonds. The van der Waals surface area contributed by atoms with Crippen LogP contribution in [0.15, 0.2) is 45.6 Å². The number of aromatic carboxylic acids is 1. The molecule has 0 saturated carbocycles. The van der Waals surface area contributed by atoms with E-state index in [1.807, 2.05) is 12.1 Å². The molecule has 4 heteroatoms. The van der Waals surface area contributed by atoms with Crippen molar-refractivity contribution in [3.63, 3.8) is 0 Å². The van der Waals surface area contributed by atoms with Gasteiger partial charge in [-0.3, -0.25) is 4.79 Å². The SMILES string of the molecule is CC(C)CCc1ccc2c(=O)c3cc(C(=O)O)ccc3oc2c1. The van der Waals surface area contributed by atoms with Gasteiger partial charge in [0.25, 0.3) is 0 Å². The van der Waals surface area contributed by atoms with E-state index in [9.17, 15) is 9.59 Å². The molecule has 1 N–H and O–H groups in total. The van der Waals surface area contributed by atoms with Gasteiger partial charge in [0.15, 0.2) is 0 Å². The lowest BCUT2D eigenvalue weighted by Gasteiger charge is -2.07. The predicted molar refractivity (Wildman–Crippen MR) is 90.1 cm³/mol. The van der Waals surface area contributed by atoms with Gasteiger partial charge < -0.3 is 9.52 Å². The third-order valence-corrected chi connectivity index (χ3v) is 3.99. The van der Waals surface area contributed by atoms with Crippen LogP contribution in [0.4, 0.5) is 0 Å². The van der Waals surface area contributed by atoms with E-state index in [0.717, 1.165) is 18.4 Å². The predicted octanol–water partition coefficient (Wildman–Crippen LogP) is 4.23. The second kappa shape index (κ2) is 5.88. The Hall–Kier alpha value is -2.62. The molecule has 0 atom stereocenters. The Morgan fingerprint density at radius 3 is 2.57 bits per heavy atom. The van der Waals surface area contributed by atoms with Crippen LogP contribution in [-0.2, 0) is 6.42 Å². The molecule has 1 heterocycles. The van der Waals surface area contributed by atoms with Gasteiger partial charge in [0.1, 0.15) is 11.2 Å². The van der Waals surface area contributed by atoms with Gasteiger partial charge in [-0.15, -0.1) is 0 Å². The Bertz CT molecular complexity index is 951. The molecule has 0 unspecified atom stereocenters. The molecular formula is C19H18O4. The highest BCUT2D eigenvalue weighted by Crippen LogP contribution is 2.22. The van der Waals surface area contributed by atoms with Gasteiger partial charge >= 0.3 is 5.97 Å². The second-order valence-electron chi connectivity index (χ2n) is 6.21. The minimum absolute atomic E-state index is 0.0812. The number of fused-ring (bicyclic) bond motifs is 2. The van der Waals surface area contributed by atoms with Crippen LogP contribution < -0.4 is 5.43 Å². The zero-order valence-electron chi connectivity index (χ0n) is 13.1. The number of aryl methyl sites for hydroxylation is 1. The van der Waals surface area contributed by atoms with Crippen molar-refractivity contribution in [2.75, 3.05) is 0 Å². The summed E-state index contributed by atoms with van der Waals surface area (Å²) < 4.78 is 5.82. The summed E-state index contributed by atoms with van der Waals surface area (Å²) in [5, 5.41) is 9.83. The van der Waals surface area contributed by atoms with Crippen molar-refractivity contribution >= 4 is 27.9 Å². The Morgan fingerprint density at radius 2 is 1.87 bits per heavy atom. The number of hydrogen-bond donors (Lipinski definition) is 1. The lowest BCUT2D eigenvalue weighted by molar-refractivity contribution is 0.0697. The van der Waals surface area contributed by atoms with Gasteiger partial charge in [-0.05, 0) is 54.7 Å². The highest BCUT2D eigenvalue weighted by molar-refractivity contribution is 5.96. The zero-order valence-corrected chi connectivity index (χ0v) is 13.1. The van der Waals surface area contributed by atoms with E-state index in [-0.39, 0.29) is 11.0 Å². The van der Waals surface area contributed by atoms with Crippen LogP contribution in [0.25, 0.3) is 21.9 Å². The largest absolute Gasteiger partial charge is 0.478 e. The lowest BCUT2D eigenvalue weighted by atomic mass is 10.0. The molecular weight excluding hydrogens is 292 g/mol. The molecule has 0 aliphatic heterocycles. The summed E-state index contributed by atoms with van der Waals surface area (Å²) in [5.74, 6) is -0.445. The van der Waals surface area contributed by atoms with Crippen LogP contribution in [0.1, 0.15) is 36.2 Å². The second-order valence-corrected chi connectivity index (χ2v) is 6.21. The van der Waals surface area contributed by atoms with Crippen molar-refractivity contribution in [3.8, 4) is 0 Å². The van der Waals surface area contributed by atoms with E-state index in [2.05, 4.69) is 13.8 Å². The van der Waals surface area contributed by atoms with E-state index in [0.29, 0.717) is 27.9 Å². The molecule has 3 rings (SSSR count). The standard InChI is InChI=1S/C19H18O4/c1-11(2)3-4-12-5-7-14-17(9-12)23-16-8-6-13(19(21)22)10-15(16)18(14)20/h5-11H,3-4H2,1-2H3,(H,21,22). The van der Waals surface area contributed by atoms with Crippen molar-refractivity contribution in [2.24, 2.45) is 5.92 Å². The molecule has 2 aromatic carbocycles. The molecule has 4 nitrogen and oxygen atoms in total. The smallest absolute Gasteiger partial charge is 0.335 e. The summed E-state index contributed by atoms with van der Waals surface area (Å²) in [6.45, 7) is 4.35. The van der Waals surface area contributed by atoms with Crippen molar-refractivity contribution in [1.29, 1.82) is 0 Å². The van der Waals surface area contributed by atoms with Gasteiger partial charge in [-0.25, -0.2) is 4.79 Å². The quantitative estimate of drug-likeness (QED) is 0.732. The van der Waals surface area contributed by atoms with Crippen molar-refractivity contribution in [2.45, 2.75) is 26.7 Å². The summed E-state index contributed by atoms with van der Waals surface area (Å²) in [5.41, 5.74) is 1.98. The maximum absolute atomic E-state index is 12.6. The molecule has 0 aliphatic rings. The van der Waals surface area contributed by atoms with Crippen LogP contribution in [0.5, 0.6) is 0 Å². The molecule has 0 aliphatic carbocycles. The molecule has 0 bridgehead atoms. The van der Waals surface area contributed by atoms with Crippen LogP contribution in [0, 0.1) is 5.92 Å². The van der Waals surface area contributed by atoms with Gasteiger partial charge in [0.2, 0.25) is 5.43 Å². The molecule has 1 aromatic heterocycles. The van der Waals surface area contributed by atoms with Crippen LogP contribution in [0.2, 0.25) is 0 Å². The van der Waals surface area contributed by atoms with E-state index >= 15 is 0 Å². The Labute approximate surface area is 133 Å². The number of hydrogen-bond acceptors (Lipinski definition) is 3. The maximum Gasteiger partial charge on any atom is 0.335 e. The lowest BCUT2D eigenvalue weighted by Crippen LogP contribution is -2.05. The maximum atomic E-state index is 12.6. The summed E-state index contributed by atoms with van der Waals surface area (Å²) >= 11 is 0. The normalized spacial score (nSPS) is 11.4. The number of carbonyl (C=O) groups is 1. The van der Waals surface area contributed by atoms with Gasteiger partial charge in [0.05, 0.1) is 16.3 Å². The van der Waals surface area contributed by atoms with Crippen molar-refractivity contribution < 1.29 is 14.3 Å². The summed E-state index contributed by atoms with van der Waals surface area (Å²) in [6.07, 6.45) is 2.01. The summed E-state index contributed by atoms with van der Waals surface area (Å²) in [6, 6.07) is 9.97. The first kappa shape index (κ1) is 15.3. The van der Waals surface area contributed by atoms with Crippen molar-refractivity contribution in [3.05, 3.63) is 57.7 Å². The van der Waals surface area contributed by atoms with E-state index in [4.69, 9.17) is 9.52 Å². The minimum Gasteiger partial charge on any atom is -0.478 e. The zero-order chi connectivity index (χ0) is 16.6. The average molecular weight is 310 g/mol. The highest BCUT2D eigenvalue weighted by Gasteiger charge is 2.11. The average Bonchev–Trinajstić information content (AvgIpc) is 2.52. The highest BCUT2D eigenvalue weighted by atomic mass is 16.4. The Kier molecular flexibility index (Phi) is 3.90. The topological polar surface area (TPSA) is 67.5 Å². The molecule has 118 valence electrons. The summed E-state index contributed by atoms with van der Waals surface area (Å²) in [4.78, 5) is 23.6. The monoisotopic (exact) mass is 310 g/mol. The molecule has 0 radical (unpaired) electrons. The fourth-order valence-electron chi connectivity index (χ4n) is 2.64. The number of carboxylic acids is 1. The van der Waals surface area contributed by atoms with Crippen LogP contribution in [-0.4, -0.2) is 11.1 Å². The van der Waals surface area contributed by atoms with Crippen LogP contribution in [0.3, 0.4) is 0 Å². The van der Waals surface area contributed by atoms with Gasteiger partial charge in [0, 0.05) is 0 Å². The Morgan fingerprint density at radius 1 is 1.09 bits per heavy atom. The van der Waals surface area contributed by atoms with Gasteiger partial charge in [-0.2, -0.15) is 0 Å². The minimum atomic E-state index is -1.06. The fraction of sp³-hybridized carbons (Fsp3) is 0.263. The first-order chi connectivity index (χ1) is 11.0. The molecule has 0 fully saturated rings. The number of carboxylic acid groups (broad SMARTS) is 1. The fourth-order valence-corrected chi connectivity index (χ4v) is 2.64. The number of benzene rings is 2. The third-order valence-electron chi connectivity index (χ3n) is 3.99. The van der Waals surface area contributed by atoms with Crippen molar-refractivity contribution in [1.82, 2.24) is 0 Å². The first-order valence-corrected chi connectivity index (χ1v) is 7.68. The van der Waals surface area contributed by atoms with E-state index < -0.39 is 5.97 Å². The molecule has 0 saturated heterocycles. The summed E-state index contributed by atoms with van der Waals surface area (Å²) in [7, 11) is 0. The van der Waals surface area contributed by atoms with E-state index in [1.165, 1.54) is 12.1 Å². The Balaban J connectivity index is 2.15. The van der Waals surface area contributed by atoms with Gasteiger partial charge in [-0.1, -0.05) is 19.9 Å². The molecule has 0 spiro atoms. The first-order valence-electron chi connectivity index (χ1n) is 7.68. The number of rotatable bonds is 4. The molecule has 23 heavy (non-hydrogen) atoms.